The molecule has 0 aliphatic heterocycles. The average Bonchev–Trinajstić information content (AvgIpc) is 3.23. The number of ether oxygens (including phenoxy) is 2. The minimum atomic E-state index is -3.53. The van der Waals surface area contributed by atoms with Crippen LogP contribution in [0.2, 0.25) is 0 Å². The minimum Gasteiger partial charge on any atom is -0.496 e. The van der Waals surface area contributed by atoms with Crippen LogP contribution in [0.3, 0.4) is 0 Å². The highest BCUT2D eigenvalue weighted by molar-refractivity contribution is 7.89. The Kier molecular flexibility index (Phi) is 7.11. The lowest BCUT2D eigenvalue weighted by Gasteiger charge is -2.13. The maximum atomic E-state index is 12.4. The Morgan fingerprint density at radius 1 is 1.07 bits per heavy atom. The second-order valence-electron chi connectivity index (χ2n) is 6.95. The van der Waals surface area contributed by atoms with Crippen molar-refractivity contribution in [2.24, 2.45) is 0 Å². The van der Waals surface area contributed by atoms with Gasteiger partial charge in [0.1, 0.15) is 11.5 Å². The number of hydrogen-bond acceptors (Lipinski definition) is 5. The third-order valence-corrected chi connectivity index (χ3v) is 6.39. The molecule has 2 N–H and O–H groups in total. The van der Waals surface area contributed by atoms with Gasteiger partial charge in [-0.05, 0) is 43.2 Å². The molecular formula is C21H26N2O5S. The molecule has 1 aliphatic carbocycles. The summed E-state index contributed by atoms with van der Waals surface area (Å²) >= 11 is 0. The number of benzene rings is 2. The summed E-state index contributed by atoms with van der Waals surface area (Å²) in [5.41, 5.74) is 0.868. The summed E-state index contributed by atoms with van der Waals surface area (Å²) in [6.45, 7) is 0.164. The molecule has 0 spiro atoms. The highest BCUT2D eigenvalue weighted by Gasteiger charge is 2.22. The van der Waals surface area contributed by atoms with Crippen LogP contribution in [0.25, 0.3) is 0 Å². The fourth-order valence-electron chi connectivity index (χ4n) is 3.29. The van der Waals surface area contributed by atoms with Gasteiger partial charge in [-0.3, -0.25) is 4.79 Å². The monoisotopic (exact) mass is 418 g/mol. The lowest BCUT2D eigenvalue weighted by atomic mass is 10.2. The van der Waals surface area contributed by atoms with Gasteiger partial charge in [-0.1, -0.05) is 31.0 Å². The Labute approximate surface area is 171 Å². The van der Waals surface area contributed by atoms with Crippen molar-refractivity contribution in [3.8, 4) is 11.5 Å². The van der Waals surface area contributed by atoms with E-state index in [0.717, 1.165) is 31.2 Å². The van der Waals surface area contributed by atoms with Gasteiger partial charge in [-0.25, -0.2) is 13.1 Å². The van der Waals surface area contributed by atoms with E-state index in [1.165, 1.54) is 12.1 Å². The van der Waals surface area contributed by atoms with E-state index >= 15 is 0 Å². The minimum absolute atomic E-state index is 0.0165. The van der Waals surface area contributed by atoms with Crippen LogP contribution in [0.4, 0.5) is 0 Å². The zero-order chi connectivity index (χ0) is 20.7. The number of nitrogens with one attached hydrogen (secondary N) is 2. The van der Waals surface area contributed by atoms with Crippen molar-refractivity contribution in [1.82, 2.24) is 10.0 Å². The Balaban J connectivity index is 1.48. The van der Waals surface area contributed by atoms with Gasteiger partial charge in [-0.15, -0.1) is 0 Å². The van der Waals surface area contributed by atoms with E-state index in [1.54, 1.807) is 19.2 Å². The molecule has 2 aromatic carbocycles. The van der Waals surface area contributed by atoms with E-state index < -0.39 is 10.0 Å². The molecule has 8 heteroatoms. The van der Waals surface area contributed by atoms with Gasteiger partial charge < -0.3 is 14.8 Å². The summed E-state index contributed by atoms with van der Waals surface area (Å²) < 4.78 is 38.3. The molecule has 0 aromatic heterocycles. The van der Waals surface area contributed by atoms with Crippen molar-refractivity contribution in [2.75, 3.05) is 13.7 Å². The number of methoxy groups -OCH3 is 1. The highest BCUT2D eigenvalue weighted by Crippen LogP contribution is 2.22. The quantitative estimate of drug-likeness (QED) is 0.653. The molecule has 2 aromatic rings. The van der Waals surface area contributed by atoms with Crippen LogP contribution in [-0.2, 0) is 21.4 Å². The number of amides is 1. The Bertz CT molecular complexity index is 922. The molecule has 1 saturated carbocycles. The normalized spacial score (nSPS) is 14.5. The molecule has 3 rings (SSSR count). The van der Waals surface area contributed by atoms with Gasteiger partial charge in [0.15, 0.2) is 6.61 Å². The average molecular weight is 419 g/mol. The highest BCUT2D eigenvalue weighted by atomic mass is 32.2. The SMILES string of the molecule is COc1ccccc1CNC(=O)COc1ccc(S(=O)(=O)NC2CCCC2)cc1. The maximum absolute atomic E-state index is 12.4. The first-order valence-electron chi connectivity index (χ1n) is 9.62. The number of para-hydroxylation sites is 1. The molecule has 0 saturated heterocycles. The van der Waals surface area contributed by atoms with Gasteiger partial charge in [0, 0.05) is 18.2 Å². The molecule has 1 amide bonds. The summed E-state index contributed by atoms with van der Waals surface area (Å²) in [7, 11) is -1.95. The summed E-state index contributed by atoms with van der Waals surface area (Å²) in [5.74, 6) is 0.851. The van der Waals surface area contributed by atoms with Crippen LogP contribution >= 0.6 is 0 Å². The standard InChI is InChI=1S/C21H26N2O5S/c1-27-20-9-5-2-6-16(20)14-22-21(24)15-28-18-10-12-19(13-11-18)29(25,26)23-17-7-3-4-8-17/h2,5-6,9-13,17,23H,3-4,7-8,14-15H2,1H3,(H,22,24). The van der Waals surface area contributed by atoms with Crippen LogP contribution in [0.1, 0.15) is 31.2 Å². The first-order chi connectivity index (χ1) is 14.0. The van der Waals surface area contributed by atoms with Crippen molar-refractivity contribution >= 4 is 15.9 Å². The van der Waals surface area contributed by atoms with Gasteiger partial charge >= 0.3 is 0 Å². The van der Waals surface area contributed by atoms with E-state index in [2.05, 4.69) is 10.0 Å². The molecule has 156 valence electrons. The fraction of sp³-hybridized carbons (Fsp3) is 0.381. The molecule has 0 radical (unpaired) electrons. The summed E-state index contributed by atoms with van der Waals surface area (Å²) in [6, 6.07) is 13.5. The first-order valence-corrected chi connectivity index (χ1v) is 11.1. The molecule has 0 unspecified atom stereocenters. The topological polar surface area (TPSA) is 93.7 Å². The summed E-state index contributed by atoms with van der Waals surface area (Å²) in [6.07, 6.45) is 3.87. The molecule has 0 heterocycles. The van der Waals surface area contributed by atoms with Crippen LogP contribution in [-0.4, -0.2) is 34.1 Å². The molecule has 7 nitrogen and oxygen atoms in total. The molecule has 0 bridgehead atoms. The lowest BCUT2D eigenvalue weighted by Crippen LogP contribution is -2.32. The first kappa shape index (κ1) is 21.1. The van der Waals surface area contributed by atoms with Crippen LogP contribution < -0.4 is 19.5 Å². The van der Waals surface area contributed by atoms with E-state index in [0.29, 0.717) is 18.0 Å². The lowest BCUT2D eigenvalue weighted by molar-refractivity contribution is -0.123. The zero-order valence-electron chi connectivity index (χ0n) is 16.4. The van der Waals surface area contributed by atoms with Crippen LogP contribution in [0.15, 0.2) is 53.4 Å². The summed E-state index contributed by atoms with van der Waals surface area (Å²) in [4.78, 5) is 12.2. The van der Waals surface area contributed by atoms with Crippen molar-refractivity contribution < 1.29 is 22.7 Å². The Hall–Kier alpha value is -2.58. The molecule has 29 heavy (non-hydrogen) atoms. The molecular weight excluding hydrogens is 392 g/mol. The molecule has 0 atom stereocenters. The second-order valence-corrected chi connectivity index (χ2v) is 8.67. The number of sulfonamides is 1. The van der Waals surface area contributed by atoms with E-state index in [9.17, 15) is 13.2 Å². The van der Waals surface area contributed by atoms with Gasteiger partial charge in [0.2, 0.25) is 10.0 Å². The smallest absolute Gasteiger partial charge is 0.258 e. The third-order valence-electron chi connectivity index (χ3n) is 4.85. The van der Waals surface area contributed by atoms with E-state index in [-0.39, 0.29) is 23.5 Å². The van der Waals surface area contributed by atoms with Crippen molar-refractivity contribution in [2.45, 2.75) is 43.2 Å². The zero-order valence-corrected chi connectivity index (χ0v) is 17.2. The van der Waals surface area contributed by atoms with Gasteiger partial charge in [0.25, 0.3) is 5.91 Å². The predicted octanol–water partition coefficient (Wildman–Crippen LogP) is 2.61. The van der Waals surface area contributed by atoms with Gasteiger partial charge in [0.05, 0.1) is 12.0 Å². The number of rotatable bonds is 9. The van der Waals surface area contributed by atoms with E-state index in [4.69, 9.17) is 9.47 Å². The van der Waals surface area contributed by atoms with Crippen molar-refractivity contribution in [3.05, 3.63) is 54.1 Å². The van der Waals surface area contributed by atoms with Crippen LogP contribution in [0, 0.1) is 0 Å². The van der Waals surface area contributed by atoms with Crippen molar-refractivity contribution in [3.63, 3.8) is 0 Å². The Morgan fingerprint density at radius 3 is 2.45 bits per heavy atom. The number of hydrogen-bond donors (Lipinski definition) is 2. The maximum Gasteiger partial charge on any atom is 0.258 e. The predicted molar refractivity (Wildman–Crippen MR) is 109 cm³/mol. The Morgan fingerprint density at radius 2 is 1.76 bits per heavy atom. The summed E-state index contributed by atoms with van der Waals surface area (Å²) in [5, 5.41) is 2.77. The van der Waals surface area contributed by atoms with E-state index in [1.807, 2.05) is 24.3 Å². The number of carbonyl (C=O) groups excluding carboxylic acids is 1. The third kappa shape index (κ3) is 5.95. The fourth-order valence-corrected chi connectivity index (χ4v) is 4.59. The molecule has 1 aliphatic rings. The second kappa shape index (κ2) is 9.76. The largest absolute Gasteiger partial charge is 0.496 e. The van der Waals surface area contributed by atoms with Gasteiger partial charge in [-0.2, -0.15) is 0 Å². The molecule has 1 fully saturated rings. The van der Waals surface area contributed by atoms with Crippen molar-refractivity contribution in [1.29, 1.82) is 0 Å². The van der Waals surface area contributed by atoms with Crippen LogP contribution in [0.5, 0.6) is 11.5 Å². The number of carbonyl (C=O) groups is 1.